The average molecular weight is 416 g/mol. The Kier molecular flexibility index (Phi) is 4.95. The van der Waals surface area contributed by atoms with Crippen molar-refractivity contribution >= 4 is 35.1 Å². The SMILES string of the molecule is COc1cc([C@H]2SCC(=O)Nc3c2c(C)nn3-c2ccccc2Cl)ccc1O. The first-order valence-electron chi connectivity index (χ1n) is 8.62. The number of amides is 1. The minimum atomic E-state index is -0.153. The summed E-state index contributed by atoms with van der Waals surface area (Å²) < 4.78 is 6.94. The molecule has 28 heavy (non-hydrogen) atoms. The number of aromatic nitrogens is 2. The minimum Gasteiger partial charge on any atom is -0.504 e. The van der Waals surface area contributed by atoms with E-state index in [-0.39, 0.29) is 16.9 Å². The molecule has 0 saturated carbocycles. The molecule has 0 radical (unpaired) electrons. The Labute approximate surface area is 171 Å². The number of nitrogens with one attached hydrogen (secondary N) is 1. The Bertz CT molecular complexity index is 1070. The highest BCUT2D eigenvalue weighted by atomic mass is 35.5. The predicted molar refractivity (Wildman–Crippen MR) is 111 cm³/mol. The van der Waals surface area contributed by atoms with Crippen molar-refractivity contribution in [1.82, 2.24) is 9.78 Å². The molecule has 2 aromatic carbocycles. The van der Waals surface area contributed by atoms with Gasteiger partial charge in [0.25, 0.3) is 0 Å². The first-order valence-corrected chi connectivity index (χ1v) is 10.0. The van der Waals surface area contributed by atoms with E-state index in [1.54, 1.807) is 22.9 Å². The van der Waals surface area contributed by atoms with E-state index < -0.39 is 0 Å². The van der Waals surface area contributed by atoms with Gasteiger partial charge in [0, 0.05) is 5.56 Å². The predicted octanol–water partition coefficient (Wildman–Crippen LogP) is 4.32. The lowest BCUT2D eigenvalue weighted by Crippen LogP contribution is -2.16. The maximum absolute atomic E-state index is 12.4. The van der Waals surface area contributed by atoms with Crippen LogP contribution in [0.2, 0.25) is 5.02 Å². The number of carbonyl (C=O) groups is 1. The molecule has 0 bridgehead atoms. The van der Waals surface area contributed by atoms with Crippen molar-refractivity contribution in [2.24, 2.45) is 0 Å². The highest BCUT2D eigenvalue weighted by molar-refractivity contribution is 8.00. The number of phenolic OH excluding ortho intramolecular Hbond substituents is 1. The summed E-state index contributed by atoms with van der Waals surface area (Å²) in [4.78, 5) is 12.4. The van der Waals surface area contributed by atoms with Crippen LogP contribution in [0.4, 0.5) is 5.82 Å². The number of aromatic hydroxyl groups is 1. The Hall–Kier alpha value is -2.64. The number of fused-ring (bicyclic) bond motifs is 1. The van der Waals surface area contributed by atoms with Crippen molar-refractivity contribution in [3.05, 3.63) is 64.3 Å². The number of aryl methyl sites for hydroxylation is 1. The van der Waals surface area contributed by atoms with Crippen molar-refractivity contribution in [2.75, 3.05) is 18.2 Å². The number of thioether (sulfide) groups is 1. The third-order valence-corrected chi connectivity index (χ3v) is 6.18. The topological polar surface area (TPSA) is 76.4 Å². The van der Waals surface area contributed by atoms with Gasteiger partial charge in [0.05, 0.1) is 34.5 Å². The fraction of sp³-hybridized carbons (Fsp3) is 0.200. The van der Waals surface area contributed by atoms with Gasteiger partial charge >= 0.3 is 0 Å². The van der Waals surface area contributed by atoms with Gasteiger partial charge in [-0.2, -0.15) is 5.10 Å². The van der Waals surface area contributed by atoms with Crippen LogP contribution in [0.25, 0.3) is 5.69 Å². The van der Waals surface area contributed by atoms with Crippen LogP contribution in [-0.4, -0.2) is 33.7 Å². The van der Waals surface area contributed by atoms with Crippen LogP contribution in [-0.2, 0) is 4.79 Å². The summed E-state index contributed by atoms with van der Waals surface area (Å²) in [5, 5.41) is 18.0. The van der Waals surface area contributed by atoms with Gasteiger partial charge in [-0.05, 0) is 36.8 Å². The number of hydrogen-bond acceptors (Lipinski definition) is 5. The van der Waals surface area contributed by atoms with E-state index in [4.69, 9.17) is 16.3 Å². The summed E-state index contributed by atoms with van der Waals surface area (Å²) in [5.74, 6) is 1.26. The third-order valence-electron chi connectivity index (χ3n) is 4.59. The van der Waals surface area contributed by atoms with Gasteiger partial charge in [-0.3, -0.25) is 4.79 Å². The fourth-order valence-corrected chi connectivity index (χ4v) is 4.70. The highest BCUT2D eigenvalue weighted by Crippen LogP contribution is 2.45. The molecule has 2 heterocycles. The molecule has 0 unspecified atom stereocenters. The zero-order chi connectivity index (χ0) is 19.8. The molecule has 0 saturated heterocycles. The standard InChI is InChI=1S/C20H18ClN3O3S/c1-11-18-19(12-7-8-15(25)16(9-12)27-2)28-10-17(26)22-20(18)24(23-11)14-6-4-3-5-13(14)21/h3-9,19,25H,10H2,1-2H3,(H,22,26)/t19-/m1/s1. The summed E-state index contributed by atoms with van der Waals surface area (Å²) in [5.41, 5.74) is 3.31. The van der Waals surface area contributed by atoms with Gasteiger partial charge in [-0.1, -0.05) is 29.8 Å². The molecular formula is C20H18ClN3O3S. The van der Waals surface area contributed by atoms with Gasteiger partial charge in [0.2, 0.25) is 5.91 Å². The molecule has 0 fully saturated rings. The number of hydrogen-bond donors (Lipinski definition) is 2. The van der Waals surface area contributed by atoms with Crippen LogP contribution < -0.4 is 10.1 Å². The van der Waals surface area contributed by atoms with Crippen molar-refractivity contribution < 1.29 is 14.6 Å². The van der Waals surface area contributed by atoms with Crippen molar-refractivity contribution in [2.45, 2.75) is 12.2 Å². The molecule has 0 spiro atoms. The lowest BCUT2D eigenvalue weighted by Gasteiger charge is -2.17. The van der Waals surface area contributed by atoms with Crippen molar-refractivity contribution in [3.8, 4) is 17.2 Å². The van der Waals surface area contributed by atoms with Crippen molar-refractivity contribution in [3.63, 3.8) is 0 Å². The molecule has 1 atom stereocenters. The van der Waals surface area contributed by atoms with E-state index in [1.165, 1.54) is 18.9 Å². The molecule has 1 amide bonds. The van der Waals surface area contributed by atoms with Gasteiger partial charge in [0.1, 0.15) is 5.82 Å². The number of benzene rings is 2. The number of anilines is 1. The molecule has 6 nitrogen and oxygen atoms in total. The Morgan fingerprint density at radius 2 is 2.11 bits per heavy atom. The number of carbonyl (C=O) groups excluding carboxylic acids is 1. The second-order valence-electron chi connectivity index (χ2n) is 6.38. The largest absolute Gasteiger partial charge is 0.504 e. The summed E-state index contributed by atoms with van der Waals surface area (Å²) in [6.45, 7) is 1.91. The van der Waals surface area contributed by atoms with E-state index in [0.717, 1.165) is 16.8 Å². The zero-order valence-electron chi connectivity index (χ0n) is 15.3. The molecule has 1 aliphatic rings. The number of phenols is 1. The first kappa shape index (κ1) is 18.7. The second kappa shape index (κ2) is 7.41. The van der Waals surface area contributed by atoms with Crippen LogP contribution in [0.1, 0.15) is 22.1 Å². The maximum atomic E-state index is 12.4. The van der Waals surface area contributed by atoms with Crippen LogP contribution in [0.3, 0.4) is 0 Å². The number of methoxy groups -OCH3 is 1. The highest BCUT2D eigenvalue weighted by Gasteiger charge is 2.31. The number of ether oxygens (including phenoxy) is 1. The van der Waals surface area contributed by atoms with Crippen LogP contribution in [0.5, 0.6) is 11.5 Å². The molecule has 2 N–H and O–H groups in total. The number of nitrogens with zero attached hydrogens (tertiary/aromatic N) is 2. The van der Waals surface area contributed by atoms with E-state index in [9.17, 15) is 9.90 Å². The van der Waals surface area contributed by atoms with Crippen LogP contribution >= 0.6 is 23.4 Å². The molecule has 1 aromatic heterocycles. The Morgan fingerprint density at radius 3 is 2.86 bits per heavy atom. The monoisotopic (exact) mass is 415 g/mol. The molecule has 144 valence electrons. The smallest absolute Gasteiger partial charge is 0.235 e. The lowest BCUT2D eigenvalue weighted by atomic mass is 10.0. The molecule has 8 heteroatoms. The van der Waals surface area contributed by atoms with Gasteiger partial charge < -0.3 is 15.2 Å². The van der Waals surface area contributed by atoms with Crippen LogP contribution in [0.15, 0.2) is 42.5 Å². The lowest BCUT2D eigenvalue weighted by molar-refractivity contribution is -0.113. The quantitative estimate of drug-likeness (QED) is 0.666. The van der Waals surface area contributed by atoms with E-state index in [2.05, 4.69) is 10.4 Å². The average Bonchev–Trinajstić information content (AvgIpc) is 2.88. The molecule has 3 aromatic rings. The summed E-state index contributed by atoms with van der Waals surface area (Å²) in [7, 11) is 1.51. The molecule has 4 rings (SSSR count). The third kappa shape index (κ3) is 3.21. The number of para-hydroxylation sites is 1. The normalized spacial score (nSPS) is 16.2. The summed E-state index contributed by atoms with van der Waals surface area (Å²) in [6.07, 6.45) is 0. The zero-order valence-corrected chi connectivity index (χ0v) is 16.8. The molecular weight excluding hydrogens is 398 g/mol. The van der Waals surface area contributed by atoms with Gasteiger partial charge in [-0.25, -0.2) is 4.68 Å². The van der Waals surface area contributed by atoms with Gasteiger partial charge in [-0.15, -0.1) is 11.8 Å². The van der Waals surface area contributed by atoms with Gasteiger partial charge in [0.15, 0.2) is 11.5 Å². The van der Waals surface area contributed by atoms with E-state index >= 15 is 0 Å². The summed E-state index contributed by atoms with van der Waals surface area (Å²) in [6, 6.07) is 12.6. The first-order chi connectivity index (χ1) is 13.5. The Balaban J connectivity index is 1.90. The molecule has 0 aliphatic carbocycles. The Morgan fingerprint density at radius 1 is 1.32 bits per heavy atom. The van der Waals surface area contributed by atoms with Crippen molar-refractivity contribution in [1.29, 1.82) is 0 Å². The molecule has 1 aliphatic heterocycles. The van der Waals surface area contributed by atoms with E-state index in [1.807, 2.05) is 31.2 Å². The summed E-state index contributed by atoms with van der Waals surface area (Å²) >= 11 is 7.88. The van der Waals surface area contributed by atoms with Crippen LogP contribution in [0, 0.1) is 6.92 Å². The number of halogens is 1. The number of rotatable bonds is 3. The van der Waals surface area contributed by atoms with E-state index in [0.29, 0.717) is 28.0 Å². The fourth-order valence-electron chi connectivity index (χ4n) is 3.30. The minimum absolute atomic E-state index is 0.0720. The second-order valence-corrected chi connectivity index (χ2v) is 7.88. The maximum Gasteiger partial charge on any atom is 0.235 e.